The Morgan fingerprint density at radius 2 is 1.90 bits per heavy atom. The van der Waals surface area contributed by atoms with Gasteiger partial charge in [-0.2, -0.15) is 13.2 Å². The third-order valence-corrected chi connectivity index (χ3v) is 1.34. The Balaban J connectivity index is 2.76. The summed E-state index contributed by atoms with van der Waals surface area (Å²) in [6, 6.07) is 0. The zero-order chi connectivity index (χ0) is 7.78. The van der Waals surface area contributed by atoms with Crippen LogP contribution in [0.4, 0.5) is 13.2 Å². The zero-order valence-electron chi connectivity index (χ0n) is 5.03. The molecule has 0 heterocycles. The summed E-state index contributed by atoms with van der Waals surface area (Å²) in [4.78, 5) is 10.3. The Labute approximate surface area is 55.5 Å². The topological polar surface area (TPSA) is 17.1 Å². The first-order valence-electron chi connectivity index (χ1n) is 2.81. The normalized spacial score (nSPS) is 19.5. The third-order valence-electron chi connectivity index (χ3n) is 1.34. The molecule has 1 aliphatic rings. The molecule has 0 fully saturated rings. The van der Waals surface area contributed by atoms with Crippen LogP contribution < -0.4 is 0 Å². The Kier molecular flexibility index (Phi) is 1.54. The van der Waals surface area contributed by atoms with Crippen LogP contribution in [-0.4, -0.2) is 12.0 Å². The van der Waals surface area contributed by atoms with Crippen molar-refractivity contribution in [3.63, 3.8) is 0 Å². The van der Waals surface area contributed by atoms with Crippen LogP contribution >= 0.6 is 0 Å². The third kappa shape index (κ3) is 1.37. The van der Waals surface area contributed by atoms with Crippen molar-refractivity contribution < 1.29 is 18.0 Å². The number of rotatable bonds is 0. The van der Waals surface area contributed by atoms with Crippen LogP contribution in [0, 0.1) is 0 Å². The molecule has 0 atom stereocenters. The highest BCUT2D eigenvalue weighted by Crippen LogP contribution is 2.32. The average Bonchev–Trinajstić information content (AvgIpc) is 2.11. The van der Waals surface area contributed by atoms with E-state index in [0.717, 1.165) is 0 Å². The quantitative estimate of drug-likeness (QED) is 0.514. The number of hydrogen-bond donors (Lipinski definition) is 0. The predicted molar refractivity (Wildman–Crippen MR) is 28.4 cm³/mol. The maximum absolute atomic E-state index is 11.7. The van der Waals surface area contributed by atoms with E-state index in [1.54, 1.807) is 0 Å². The highest BCUT2D eigenvalue weighted by molar-refractivity contribution is 5.93. The van der Waals surface area contributed by atoms with Crippen LogP contribution in [0.15, 0.2) is 11.6 Å². The number of carbonyl (C=O) groups is 1. The first kappa shape index (κ1) is 7.31. The molecule has 0 saturated heterocycles. The molecule has 10 heavy (non-hydrogen) atoms. The van der Waals surface area contributed by atoms with Gasteiger partial charge in [0, 0.05) is 12.0 Å². The summed E-state index contributed by atoms with van der Waals surface area (Å²) in [5, 5.41) is 0. The van der Waals surface area contributed by atoms with Crippen LogP contribution in [0.1, 0.15) is 12.8 Å². The molecule has 56 valence electrons. The van der Waals surface area contributed by atoms with Crippen LogP contribution in [0.5, 0.6) is 0 Å². The molecule has 0 aliphatic heterocycles. The second-order valence-electron chi connectivity index (χ2n) is 2.13. The van der Waals surface area contributed by atoms with Gasteiger partial charge in [0.15, 0.2) is 5.78 Å². The van der Waals surface area contributed by atoms with Gasteiger partial charge in [-0.15, -0.1) is 0 Å². The van der Waals surface area contributed by atoms with Gasteiger partial charge in [-0.05, 0) is 12.5 Å². The van der Waals surface area contributed by atoms with Gasteiger partial charge in [0.25, 0.3) is 0 Å². The Morgan fingerprint density at radius 3 is 2.10 bits per heavy atom. The average molecular weight is 150 g/mol. The molecule has 0 amide bonds. The lowest BCUT2D eigenvalue weighted by molar-refractivity contribution is -0.114. The van der Waals surface area contributed by atoms with E-state index >= 15 is 0 Å². The summed E-state index contributed by atoms with van der Waals surface area (Å²) in [7, 11) is 0. The number of hydrogen-bond acceptors (Lipinski definition) is 1. The fourth-order valence-corrected chi connectivity index (χ4v) is 0.820. The Bertz CT molecular complexity index is 190. The zero-order valence-corrected chi connectivity index (χ0v) is 5.03. The number of alkyl halides is 3. The van der Waals surface area contributed by atoms with Gasteiger partial charge in [0.2, 0.25) is 0 Å². The minimum Gasteiger partial charge on any atom is -0.295 e. The van der Waals surface area contributed by atoms with E-state index in [0.29, 0.717) is 6.08 Å². The lowest BCUT2D eigenvalue weighted by Gasteiger charge is -2.04. The van der Waals surface area contributed by atoms with Crippen molar-refractivity contribution in [2.45, 2.75) is 19.0 Å². The fourth-order valence-electron chi connectivity index (χ4n) is 0.820. The van der Waals surface area contributed by atoms with Crippen molar-refractivity contribution in [2.24, 2.45) is 0 Å². The van der Waals surface area contributed by atoms with Gasteiger partial charge < -0.3 is 0 Å². The summed E-state index contributed by atoms with van der Waals surface area (Å²) in [6.07, 6.45) is -3.76. The largest absolute Gasteiger partial charge is 0.412 e. The smallest absolute Gasteiger partial charge is 0.295 e. The molecule has 0 N–H and O–H groups in total. The fraction of sp³-hybridized carbons (Fsp3) is 0.500. The van der Waals surface area contributed by atoms with E-state index in [1.165, 1.54) is 0 Å². The molecule has 1 rings (SSSR count). The Morgan fingerprint density at radius 1 is 1.30 bits per heavy atom. The van der Waals surface area contributed by atoms with E-state index in [4.69, 9.17) is 0 Å². The molecule has 0 saturated carbocycles. The molecule has 0 radical (unpaired) electrons. The highest BCUT2D eigenvalue weighted by atomic mass is 19.4. The van der Waals surface area contributed by atoms with E-state index < -0.39 is 17.5 Å². The summed E-state index contributed by atoms with van der Waals surface area (Å²) in [5.41, 5.74) is -0.697. The van der Waals surface area contributed by atoms with Crippen molar-refractivity contribution in [3.05, 3.63) is 11.6 Å². The van der Waals surface area contributed by atoms with Crippen molar-refractivity contribution in [1.82, 2.24) is 0 Å². The number of ketones is 1. The van der Waals surface area contributed by atoms with Gasteiger partial charge in [-0.1, -0.05) is 0 Å². The van der Waals surface area contributed by atoms with Gasteiger partial charge in [0.05, 0.1) is 0 Å². The summed E-state index contributed by atoms with van der Waals surface area (Å²) < 4.78 is 35.1. The molecule has 0 bridgehead atoms. The number of carbonyl (C=O) groups excluding carboxylic acids is 1. The van der Waals surface area contributed by atoms with Crippen LogP contribution in [0.3, 0.4) is 0 Å². The SMILES string of the molecule is O=C1C=C(C(F)(F)F)CC1. The van der Waals surface area contributed by atoms with Gasteiger partial charge in [-0.25, -0.2) is 0 Å². The molecular weight excluding hydrogens is 145 g/mol. The van der Waals surface area contributed by atoms with Crippen molar-refractivity contribution >= 4 is 5.78 Å². The van der Waals surface area contributed by atoms with Crippen molar-refractivity contribution in [2.75, 3.05) is 0 Å². The maximum atomic E-state index is 11.7. The second kappa shape index (κ2) is 2.11. The second-order valence-corrected chi connectivity index (χ2v) is 2.13. The van der Waals surface area contributed by atoms with E-state index in [2.05, 4.69) is 0 Å². The van der Waals surface area contributed by atoms with E-state index in [9.17, 15) is 18.0 Å². The first-order chi connectivity index (χ1) is 4.50. The van der Waals surface area contributed by atoms with E-state index in [1.807, 2.05) is 0 Å². The lowest BCUT2D eigenvalue weighted by Crippen LogP contribution is -2.09. The number of allylic oxidation sites excluding steroid dienone is 2. The molecule has 1 nitrogen and oxygen atoms in total. The standard InChI is InChI=1S/C6H5F3O/c7-6(8,9)4-1-2-5(10)3-4/h3H,1-2H2. The summed E-state index contributed by atoms with van der Waals surface area (Å²) in [6.45, 7) is 0. The molecular formula is C6H5F3O. The molecule has 1 aliphatic carbocycles. The van der Waals surface area contributed by atoms with Crippen molar-refractivity contribution in [1.29, 1.82) is 0 Å². The minimum atomic E-state index is -4.30. The summed E-state index contributed by atoms with van der Waals surface area (Å²) >= 11 is 0. The highest BCUT2D eigenvalue weighted by Gasteiger charge is 2.36. The van der Waals surface area contributed by atoms with Gasteiger partial charge >= 0.3 is 6.18 Å². The molecule has 0 spiro atoms. The number of halogens is 3. The molecule has 4 heteroatoms. The molecule has 0 aromatic carbocycles. The minimum absolute atomic E-state index is 0.00877. The summed E-state index contributed by atoms with van der Waals surface area (Å²) in [5.74, 6) is -0.424. The molecule has 0 aromatic rings. The van der Waals surface area contributed by atoms with Gasteiger partial charge in [0.1, 0.15) is 0 Å². The maximum Gasteiger partial charge on any atom is 0.412 e. The van der Waals surface area contributed by atoms with E-state index in [-0.39, 0.29) is 12.8 Å². The molecule has 0 unspecified atom stereocenters. The monoisotopic (exact) mass is 150 g/mol. The Hall–Kier alpha value is -0.800. The van der Waals surface area contributed by atoms with Crippen LogP contribution in [0.25, 0.3) is 0 Å². The first-order valence-corrected chi connectivity index (χ1v) is 2.81. The van der Waals surface area contributed by atoms with Crippen LogP contribution in [-0.2, 0) is 4.79 Å². The van der Waals surface area contributed by atoms with Gasteiger partial charge in [-0.3, -0.25) is 4.79 Å². The van der Waals surface area contributed by atoms with Crippen molar-refractivity contribution in [3.8, 4) is 0 Å². The lowest BCUT2D eigenvalue weighted by atomic mass is 10.2. The van der Waals surface area contributed by atoms with Crippen LogP contribution in [0.2, 0.25) is 0 Å². The molecule has 0 aromatic heterocycles. The predicted octanol–water partition coefficient (Wildman–Crippen LogP) is 1.84.